The molecule has 0 amide bonds. The molecule has 1 atom stereocenters. The molecule has 0 saturated carbocycles. The van der Waals surface area contributed by atoms with E-state index in [9.17, 15) is 0 Å². The number of nitrogens with one attached hydrogen (secondary N) is 1. The fourth-order valence-electron chi connectivity index (χ4n) is 1.27. The first kappa shape index (κ1) is 12.5. The van der Waals surface area contributed by atoms with Gasteiger partial charge in [0.1, 0.15) is 0 Å². The molecule has 0 radical (unpaired) electrons. The minimum absolute atomic E-state index is 0.576. The number of aromatic nitrogens is 2. The number of aryl methyl sites for hydroxylation is 1. The number of thioether (sulfide) groups is 1. The van der Waals surface area contributed by atoms with Crippen LogP contribution in [-0.2, 0) is 0 Å². The van der Waals surface area contributed by atoms with E-state index in [0.29, 0.717) is 6.04 Å². The van der Waals surface area contributed by atoms with Gasteiger partial charge < -0.3 is 5.32 Å². The molecule has 1 aromatic rings. The first-order valence-electron chi connectivity index (χ1n) is 5.38. The van der Waals surface area contributed by atoms with Gasteiger partial charge in [0.25, 0.3) is 0 Å². The summed E-state index contributed by atoms with van der Waals surface area (Å²) in [6.45, 7) is 7.37. The maximum atomic E-state index is 4.35. The molecule has 84 valence electrons. The van der Waals surface area contributed by atoms with Crippen LogP contribution in [0.25, 0.3) is 0 Å². The third-order valence-electron chi connectivity index (χ3n) is 2.11. The average Bonchev–Trinajstić information content (AvgIpc) is 2.18. The van der Waals surface area contributed by atoms with Crippen molar-refractivity contribution in [3.05, 3.63) is 18.0 Å². The third-order valence-corrected chi connectivity index (χ3v) is 3.00. The van der Waals surface area contributed by atoms with E-state index >= 15 is 0 Å². The lowest BCUT2D eigenvalue weighted by Crippen LogP contribution is -2.25. The Bertz CT molecular complexity index is 291. The van der Waals surface area contributed by atoms with Gasteiger partial charge in [-0.25, -0.2) is 9.97 Å². The molecule has 1 rings (SSSR count). The normalized spacial score (nSPS) is 12.7. The Kier molecular flexibility index (Phi) is 5.65. The van der Waals surface area contributed by atoms with E-state index in [-0.39, 0.29) is 0 Å². The quantitative estimate of drug-likeness (QED) is 0.595. The van der Waals surface area contributed by atoms with Crippen molar-refractivity contribution < 1.29 is 0 Å². The summed E-state index contributed by atoms with van der Waals surface area (Å²) in [5.74, 6) is 1.07. The van der Waals surface area contributed by atoms with Crippen LogP contribution in [0.3, 0.4) is 0 Å². The van der Waals surface area contributed by atoms with Crippen LogP contribution in [0.2, 0.25) is 0 Å². The van der Waals surface area contributed by atoms with Gasteiger partial charge in [-0.2, -0.15) is 0 Å². The van der Waals surface area contributed by atoms with Crippen molar-refractivity contribution >= 4 is 11.8 Å². The van der Waals surface area contributed by atoms with E-state index in [1.54, 1.807) is 11.8 Å². The lowest BCUT2D eigenvalue weighted by molar-refractivity contribution is 0.556. The Morgan fingerprint density at radius 1 is 1.53 bits per heavy atom. The summed E-state index contributed by atoms with van der Waals surface area (Å²) in [4.78, 5) is 8.56. The summed E-state index contributed by atoms with van der Waals surface area (Å²) in [6, 6.07) is 2.50. The van der Waals surface area contributed by atoms with Crippen molar-refractivity contribution in [1.29, 1.82) is 0 Å². The third kappa shape index (κ3) is 5.14. The number of rotatable bonds is 6. The largest absolute Gasteiger partial charge is 0.315 e. The lowest BCUT2D eigenvalue weighted by atomic mass is 10.3. The standard InChI is InChI=1S/C11H19N3S/c1-4-12-9(2)6-8-15-11-13-7-5-10(3)14-11/h5,7,9,12H,4,6,8H2,1-3H3. The van der Waals surface area contributed by atoms with Crippen molar-refractivity contribution in [2.24, 2.45) is 0 Å². The number of hydrogen-bond donors (Lipinski definition) is 1. The molecule has 0 aromatic carbocycles. The SMILES string of the molecule is CCNC(C)CCSc1nccc(C)n1. The van der Waals surface area contributed by atoms with Crippen LogP contribution in [0.5, 0.6) is 0 Å². The molecule has 0 fully saturated rings. The molecule has 15 heavy (non-hydrogen) atoms. The maximum absolute atomic E-state index is 4.35. The fourth-order valence-corrected chi connectivity index (χ4v) is 2.27. The molecule has 0 spiro atoms. The maximum Gasteiger partial charge on any atom is 0.187 e. The lowest BCUT2D eigenvalue weighted by Gasteiger charge is -2.10. The highest BCUT2D eigenvalue weighted by Crippen LogP contribution is 2.14. The van der Waals surface area contributed by atoms with Gasteiger partial charge in [0, 0.05) is 23.7 Å². The smallest absolute Gasteiger partial charge is 0.187 e. The Hall–Kier alpha value is -0.610. The van der Waals surface area contributed by atoms with Crippen LogP contribution in [0.4, 0.5) is 0 Å². The van der Waals surface area contributed by atoms with E-state index in [1.165, 1.54) is 0 Å². The minimum Gasteiger partial charge on any atom is -0.315 e. The highest BCUT2D eigenvalue weighted by Gasteiger charge is 2.01. The molecule has 1 aromatic heterocycles. The number of nitrogens with zero attached hydrogens (tertiary/aromatic N) is 2. The predicted molar refractivity (Wildman–Crippen MR) is 65.2 cm³/mol. The molecule has 1 N–H and O–H groups in total. The summed E-state index contributed by atoms with van der Waals surface area (Å²) >= 11 is 1.73. The summed E-state index contributed by atoms with van der Waals surface area (Å²) in [6.07, 6.45) is 2.97. The summed E-state index contributed by atoms with van der Waals surface area (Å²) < 4.78 is 0. The van der Waals surface area contributed by atoms with Gasteiger partial charge in [-0.15, -0.1) is 0 Å². The predicted octanol–water partition coefficient (Wildman–Crippen LogP) is 2.27. The summed E-state index contributed by atoms with van der Waals surface area (Å²) in [5, 5.41) is 4.28. The number of hydrogen-bond acceptors (Lipinski definition) is 4. The molecular formula is C11H19N3S. The molecule has 1 unspecified atom stereocenters. The second kappa shape index (κ2) is 6.80. The first-order valence-corrected chi connectivity index (χ1v) is 6.36. The van der Waals surface area contributed by atoms with Gasteiger partial charge in [-0.3, -0.25) is 0 Å². The zero-order valence-corrected chi connectivity index (χ0v) is 10.5. The zero-order chi connectivity index (χ0) is 11.1. The highest BCUT2D eigenvalue weighted by molar-refractivity contribution is 7.99. The topological polar surface area (TPSA) is 37.8 Å². The van der Waals surface area contributed by atoms with Gasteiger partial charge >= 0.3 is 0 Å². The van der Waals surface area contributed by atoms with E-state index in [2.05, 4.69) is 29.1 Å². The van der Waals surface area contributed by atoms with Gasteiger partial charge in [0.05, 0.1) is 0 Å². The molecule has 4 heteroatoms. The zero-order valence-electron chi connectivity index (χ0n) is 9.66. The Labute approximate surface area is 96.1 Å². The molecule has 0 bridgehead atoms. The summed E-state index contributed by atoms with van der Waals surface area (Å²) in [7, 11) is 0. The molecule has 3 nitrogen and oxygen atoms in total. The van der Waals surface area contributed by atoms with E-state index in [0.717, 1.165) is 29.6 Å². The molecule has 0 aliphatic heterocycles. The van der Waals surface area contributed by atoms with Crippen molar-refractivity contribution in [1.82, 2.24) is 15.3 Å². The highest BCUT2D eigenvalue weighted by atomic mass is 32.2. The van der Waals surface area contributed by atoms with E-state index in [1.807, 2.05) is 19.2 Å². The van der Waals surface area contributed by atoms with Crippen molar-refractivity contribution in [3.8, 4) is 0 Å². The van der Waals surface area contributed by atoms with Crippen LogP contribution in [-0.4, -0.2) is 28.3 Å². The van der Waals surface area contributed by atoms with E-state index in [4.69, 9.17) is 0 Å². The van der Waals surface area contributed by atoms with Gasteiger partial charge in [0.15, 0.2) is 5.16 Å². The fraction of sp³-hybridized carbons (Fsp3) is 0.636. The average molecular weight is 225 g/mol. The molecule has 0 aliphatic carbocycles. The molecule has 0 aliphatic rings. The van der Waals surface area contributed by atoms with Crippen LogP contribution in [0.1, 0.15) is 26.0 Å². The Balaban J connectivity index is 2.25. The van der Waals surface area contributed by atoms with Crippen LogP contribution in [0.15, 0.2) is 17.4 Å². The molecule has 1 heterocycles. The van der Waals surface area contributed by atoms with Crippen molar-refractivity contribution in [2.45, 2.75) is 38.4 Å². The van der Waals surface area contributed by atoms with Gasteiger partial charge in [-0.05, 0) is 32.9 Å². The second-order valence-corrected chi connectivity index (χ2v) is 4.64. The molecule has 0 saturated heterocycles. The minimum atomic E-state index is 0.576. The van der Waals surface area contributed by atoms with Gasteiger partial charge in [-0.1, -0.05) is 18.7 Å². The van der Waals surface area contributed by atoms with Crippen LogP contribution >= 0.6 is 11.8 Å². The Morgan fingerprint density at radius 2 is 2.33 bits per heavy atom. The second-order valence-electron chi connectivity index (χ2n) is 3.58. The first-order chi connectivity index (χ1) is 7.22. The van der Waals surface area contributed by atoms with Gasteiger partial charge in [0.2, 0.25) is 0 Å². The van der Waals surface area contributed by atoms with Crippen molar-refractivity contribution in [3.63, 3.8) is 0 Å². The monoisotopic (exact) mass is 225 g/mol. The van der Waals surface area contributed by atoms with Crippen LogP contribution < -0.4 is 5.32 Å². The van der Waals surface area contributed by atoms with Crippen molar-refractivity contribution in [2.75, 3.05) is 12.3 Å². The summed E-state index contributed by atoms with van der Waals surface area (Å²) in [5.41, 5.74) is 1.03. The van der Waals surface area contributed by atoms with E-state index < -0.39 is 0 Å². The Morgan fingerprint density at radius 3 is 3.00 bits per heavy atom. The molecular weight excluding hydrogens is 206 g/mol. The van der Waals surface area contributed by atoms with Crippen LogP contribution in [0, 0.1) is 6.92 Å².